The fourth-order valence-electron chi connectivity index (χ4n) is 3.23. The number of carbonyl (C=O) groups excluding carboxylic acids is 1. The summed E-state index contributed by atoms with van der Waals surface area (Å²) in [5, 5.41) is 8.66. The van der Waals surface area contributed by atoms with E-state index in [1.54, 1.807) is 11.3 Å². The molecule has 0 spiro atoms. The van der Waals surface area contributed by atoms with Gasteiger partial charge in [-0.05, 0) is 28.5 Å². The van der Waals surface area contributed by atoms with Gasteiger partial charge < -0.3 is 10.6 Å². The van der Waals surface area contributed by atoms with Gasteiger partial charge in [-0.25, -0.2) is 0 Å². The summed E-state index contributed by atoms with van der Waals surface area (Å²) >= 11 is 1.66. The number of carbonyl (C=O) groups is 1. The molecule has 1 aromatic heterocycles. The van der Waals surface area contributed by atoms with Gasteiger partial charge in [-0.3, -0.25) is 4.79 Å². The van der Waals surface area contributed by atoms with Crippen molar-refractivity contribution < 1.29 is 4.79 Å². The zero-order chi connectivity index (χ0) is 19.1. The first-order valence-electron chi connectivity index (χ1n) is 9.31. The Morgan fingerprint density at radius 1 is 0.889 bits per heavy atom. The molecule has 0 aliphatic heterocycles. The molecule has 27 heavy (non-hydrogen) atoms. The van der Waals surface area contributed by atoms with Crippen LogP contribution < -0.4 is 10.6 Å². The second-order valence-corrected chi connectivity index (χ2v) is 7.92. The summed E-state index contributed by atoms with van der Waals surface area (Å²) in [4.78, 5) is 13.8. The smallest absolute Gasteiger partial charge is 0.234 e. The highest BCUT2D eigenvalue weighted by Gasteiger charge is 2.20. The summed E-state index contributed by atoms with van der Waals surface area (Å²) < 4.78 is 0. The van der Waals surface area contributed by atoms with Crippen molar-refractivity contribution in [3.05, 3.63) is 94.2 Å². The van der Waals surface area contributed by atoms with E-state index in [2.05, 4.69) is 54.8 Å². The largest absolute Gasteiger partial charge is 0.343 e. The van der Waals surface area contributed by atoms with Gasteiger partial charge in [-0.2, -0.15) is 0 Å². The summed E-state index contributed by atoms with van der Waals surface area (Å²) in [5.74, 6) is 0.390. The highest BCUT2D eigenvalue weighted by molar-refractivity contribution is 7.10. The van der Waals surface area contributed by atoms with Crippen molar-refractivity contribution in [1.82, 2.24) is 10.6 Å². The van der Waals surface area contributed by atoms with Crippen molar-refractivity contribution in [3.8, 4) is 0 Å². The molecule has 0 saturated heterocycles. The van der Waals surface area contributed by atoms with Crippen molar-refractivity contribution >= 4 is 17.2 Å². The highest BCUT2D eigenvalue weighted by atomic mass is 32.1. The van der Waals surface area contributed by atoms with Crippen LogP contribution in [-0.2, 0) is 4.79 Å². The SMILES string of the molecule is CC(C)[C@H](NCC(=O)N[C@H](c1ccccc1)c1cccs1)c1ccccc1. The molecule has 4 heteroatoms. The van der Waals surface area contributed by atoms with Crippen LogP contribution in [-0.4, -0.2) is 12.5 Å². The Balaban J connectivity index is 1.67. The Labute approximate surface area is 165 Å². The fraction of sp³-hybridized carbons (Fsp3) is 0.261. The van der Waals surface area contributed by atoms with E-state index in [0.29, 0.717) is 5.92 Å². The molecule has 3 rings (SSSR count). The first-order valence-corrected chi connectivity index (χ1v) is 10.2. The molecule has 2 aromatic carbocycles. The molecule has 2 N–H and O–H groups in total. The lowest BCUT2D eigenvalue weighted by molar-refractivity contribution is -0.120. The normalized spacial score (nSPS) is 13.3. The van der Waals surface area contributed by atoms with Gasteiger partial charge in [0.15, 0.2) is 0 Å². The van der Waals surface area contributed by atoms with Crippen molar-refractivity contribution in [1.29, 1.82) is 0 Å². The standard InChI is InChI=1S/C23H26N2OS/c1-17(2)22(18-10-5-3-6-11-18)24-16-21(26)25-23(20-14-9-15-27-20)19-12-7-4-8-13-19/h3-15,17,22-24H,16H2,1-2H3,(H,25,26)/t22-,23+/m0/s1. The Morgan fingerprint density at radius 3 is 2.07 bits per heavy atom. The van der Waals surface area contributed by atoms with Gasteiger partial charge in [0.1, 0.15) is 0 Å². The molecule has 2 atom stereocenters. The van der Waals surface area contributed by atoms with Gasteiger partial charge in [0.2, 0.25) is 5.91 Å². The van der Waals surface area contributed by atoms with E-state index in [4.69, 9.17) is 0 Å². The first-order chi connectivity index (χ1) is 13.1. The van der Waals surface area contributed by atoms with Crippen molar-refractivity contribution in [2.24, 2.45) is 5.92 Å². The van der Waals surface area contributed by atoms with E-state index in [1.165, 1.54) is 5.56 Å². The summed E-state index contributed by atoms with van der Waals surface area (Å²) in [6, 6.07) is 24.5. The third-order valence-electron chi connectivity index (χ3n) is 4.57. The fourth-order valence-corrected chi connectivity index (χ4v) is 4.04. The number of benzene rings is 2. The number of hydrogen-bond acceptors (Lipinski definition) is 3. The van der Waals surface area contributed by atoms with Crippen molar-refractivity contribution in [2.75, 3.05) is 6.54 Å². The number of rotatable bonds is 8. The van der Waals surface area contributed by atoms with Crippen LogP contribution in [0.3, 0.4) is 0 Å². The number of thiophene rings is 1. The third kappa shape index (κ3) is 5.28. The van der Waals surface area contributed by atoms with Crippen LogP contribution in [0.4, 0.5) is 0 Å². The number of hydrogen-bond donors (Lipinski definition) is 2. The molecule has 1 amide bonds. The average Bonchev–Trinajstić information content (AvgIpc) is 3.22. The molecule has 0 fully saturated rings. The van der Waals surface area contributed by atoms with Crippen LogP contribution >= 0.6 is 11.3 Å². The molecule has 140 valence electrons. The van der Waals surface area contributed by atoms with Gasteiger partial charge in [0, 0.05) is 10.9 Å². The maximum Gasteiger partial charge on any atom is 0.234 e. The van der Waals surface area contributed by atoms with E-state index < -0.39 is 0 Å². The Kier molecular flexibility index (Phi) is 6.80. The average molecular weight is 379 g/mol. The maximum atomic E-state index is 12.7. The van der Waals surface area contributed by atoms with Gasteiger partial charge >= 0.3 is 0 Å². The van der Waals surface area contributed by atoms with Crippen molar-refractivity contribution in [3.63, 3.8) is 0 Å². The van der Waals surface area contributed by atoms with Crippen LogP contribution in [0.5, 0.6) is 0 Å². The molecule has 3 nitrogen and oxygen atoms in total. The molecule has 0 radical (unpaired) electrons. The minimum atomic E-state index is -0.116. The number of nitrogens with one attached hydrogen (secondary N) is 2. The molecule has 0 aliphatic rings. The lowest BCUT2D eigenvalue weighted by atomic mass is 9.96. The van der Waals surface area contributed by atoms with Crippen LogP contribution in [0.15, 0.2) is 78.2 Å². The van der Waals surface area contributed by atoms with Gasteiger partial charge in [0.05, 0.1) is 12.6 Å². The van der Waals surface area contributed by atoms with Gasteiger partial charge in [-0.15, -0.1) is 11.3 Å². The minimum Gasteiger partial charge on any atom is -0.343 e. The zero-order valence-corrected chi connectivity index (χ0v) is 16.6. The molecule has 0 aliphatic carbocycles. The minimum absolute atomic E-state index is 0.00108. The molecule has 0 saturated carbocycles. The van der Waals surface area contributed by atoms with Crippen LogP contribution in [0.2, 0.25) is 0 Å². The lowest BCUT2D eigenvalue weighted by Crippen LogP contribution is -2.39. The second-order valence-electron chi connectivity index (χ2n) is 6.94. The zero-order valence-electron chi connectivity index (χ0n) is 15.8. The Hall–Kier alpha value is -2.43. The van der Waals surface area contributed by atoms with Crippen LogP contribution in [0, 0.1) is 5.92 Å². The number of amides is 1. The topological polar surface area (TPSA) is 41.1 Å². The quantitative estimate of drug-likeness (QED) is 0.583. The van der Waals surface area contributed by atoms with E-state index in [-0.39, 0.29) is 24.5 Å². The van der Waals surface area contributed by atoms with Crippen LogP contribution in [0.1, 0.15) is 41.9 Å². The summed E-state index contributed by atoms with van der Waals surface area (Å²) in [5.41, 5.74) is 2.30. The summed E-state index contributed by atoms with van der Waals surface area (Å²) in [6.07, 6.45) is 0. The van der Waals surface area contributed by atoms with E-state index in [9.17, 15) is 4.79 Å². The monoisotopic (exact) mass is 378 g/mol. The van der Waals surface area contributed by atoms with E-state index >= 15 is 0 Å². The second kappa shape index (κ2) is 9.49. The molecule has 1 heterocycles. The first kappa shape index (κ1) is 19.3. The Morgan fingerprint density at radius 2 is 1.52 bits per heavy atom. The summed E-state index contributed by atoms with van der Waals surface area (Å²) in [7, 11) is 0. The molecule has 0 unspecified atom stereocenters. The van der Waals surface area contributed by atoms with Gasteiger partial charge in [-0.1, -0.05) is 80.6 Å². The third-order valence-corrected chi connectivity index (χ3v) is 5.51. The molecular formula is C23H26N2OS. The molecular weight excluding hydrogens is 352 g/mol. The van der Waals surface area contributed by atoms with Gasteiger partial charge in [0.25, 0.3) is 0 Å². The Bertz CT molecular complexity index is 816. The van der Waals surface area contributed by atoms with Crippen molar-refractivity contribution in [2.45, 2.75) is 25.9 Å². The molecule has 0 bridgehead atoms. The molecule has 3 aromatic rings. The van der Waals surface area contributed by atoms with E-state index in [1.807, 2.05) is 47.8 Å². The highest BCUT2D eigenvalue weighted by Crippen LogP contribution is 2.26. The van der Waals surface area contributed by atoms with E-state index in [0.717, 1.165) is 10.4 Å². The summed E-state index contributed by atoms with van der Waals surface area (Å²) in [6.45, 7) is 4.62. The predicted octanol–water partition coefficient (Wildman–Crippen LogP) is 4.94. The lowest BCUT2D eigenvalue weighted by Gasteiger charge is -2.24. The maximum absolute atomic E-state index is 12.7. The van der Waals surface area contributed by atoms with Crippen LogP contribution in [0.25, 0.3) is 0 Å². The predicted molar refractivity (Wildman–Crippen MR) is 113 cm³/mol.